The lowest BCUT2D eigenvalue weighted by molar-refractivity contribution is 0.407. The van der Waals surface area contributed by atoms with Crippen molar-refractivity contribution < 1.29 is 4.74 Å². The number of hydrogen-bond acceptors (Lipinski definition) is 1. The number of rotatable bonds is 2. The van der Waals surface area contributed by atoms with Crippen molar-refractivity contribution in [3.8, 4) is 5.75 Å². The van der Waals surface area contributed by atoms with Crippen molar-refractivity contribution in [3.05, 3.63) is 28.3 Å². The van der Waals surface area contributed by atoms with Crippen LogP contribution in [0.3, 0.4) is 0 Å². The molecular weight excluding hydrogens is 184 g/mol. The van der Waals surface area contributed by atoms with Crippen LogP contribution >= 0.6 is 11.6 Å². The van der Waals surface area contributed by atoms with Crippen molar-refractivity contribution in [3.63, 3.8) is 0 Å². The van der Waals surface area contributed by atoms with Crippen LogP contribution in [0.15, 0.2) is 12.1 Å². The maximum Gasteiger partial charge on any atom is 0.124 e. The van der Waals surface area contributed by atoms with Crippen LogP contribution in [0.5, 0.6) is 5.75 Å². The van der Waals surface area contributed by atoms with Crippen LogP contribution in [0.4, 0.5) is 0 Å². The van der Waals surface area contributed by atoms with Gasteiger partial charge < -0.3 is 4.74 Å². The second-order valence-corrected chi connectivity index (χ2v) is 3.92. The summed E-state index contributed by atoms with van der Waals surface area (Å²) in [5, 5.41) is 0.798. The Bertz CT molecular complexity index is 305. The van der Waals surface area contributed by atoms with Crippen molar-refractivity contribution in [2.75, 3.05) is 7.11 Å². The molecule has 0 fully saturated rings. The van der Waals surface area contributed by atoms with Crippen LogP contribution in [0.25, 0.3) is 0 Å². The molecule has 0 atom stereocenters. The van der Waals surface area contributed by atoms with Gasteiger partial charge in [-0.1, -0.05) is 25.4 Å². The molecule has 0 saturated carbocycles. The van der Waals surface area contributed by atoms with Crippen molar-refractivity contribution >= 4 is 11.6 Å². The van der Waals surface area contributed by atoms with E-state index in [2.05, 4.69) is 13.8 Å². The Labute approximate surface area is 84.7 Å². The van der Waals surface area contributed by atoms with E-state index >= 15 is 0 Å². The largest absolute Gasteiger partial charge is 0.496 e. The average molecular weight is 199 g/mol. The van der Waals surface area contributed by atoms with Crippen LogP contribution in [0.1, 0.15) is 30.9 Å². The lowest BCUT2D eigenvalue weighted by Gasteiger charge is -2.14. The van der Waals surface area contributed by atoms with Gasteiger partial charge in [0, 0.05) is 10.6 Å². The molecule has 0 spiro atoms. The van der Waals surface area contributed by atoms with Gasteiger partial charge in [0.1, 0.15) is 5.75 Å². The third kappa shape index (κ3) is 2.16. The van der Waals surface area contributed by atoms with E-state index in [-0.39, 0.29) is 0 Å². The summed E-state index contributed by atoms with van der Waals surface area (Å²) in [5.41, 5.74) is 2.22. The lowest BCUT2D eigenvalue weighted by atomic mass is 10.0. The third-order valence-electron chi connectivity index (χ3n) is 2.03. The van der Waals surface area contributed by atoms with Gasteiger partial charge >= 0.3 is 0 Å². The standard InChI is InChI=1S/C11H15ClO/c1-7(2)11-9(12)5-8(3)6-10(11)13-4/h5-7H,1-4H3. The highest BCUT2D eigenvalue weighted by molar-refractivity contribution is 6.31. The summed E-state index contributed by atoms with van der Waals surface area (Å²) in [4.78, 5) is 0. The van der Waals surface area contributed by atoms with Gasteiger partial charge in [0.15, 0.2) is 0 Å². The highest BCUT2D eigenvalue weighted by Gasteiger charge is 2.11. The molecule has 0 bridgehead atoms. The fourth-order valence-electron chi connectivity index (χ4n) is 1.45. The van der Waals surface area contributed by atoms with Crippen LogP contribution in [0, 0.1) is 6.92 Å². The fraction of sp³-hybridized carbons (Fsp3) is 0.455. The minimum atomic E-state index is 0.392. The summed E-state index contributed by atoms with van der Waals surface area (Å²) in [6.45, 7) is 6.23. The zero-order chi connectivity index (χ0) is 10.0. The van der Waals surface area contributed by atoms with Crippen LogP contribution in [-0.4, -0.2) is 7.11 Å². The molecule has 0 heterocycles. The third-order valence-corrected chi connectivity index (χ3v) is 2.35. The molecule has 1 aromatic rings. The Balaban J connectivity index is 3.30. The van der Waals surface area contributed by atoms with Gasteiger partial charge in [-0.15, -0.1) is 0 Å². The highest BCUT2D eigenvalue weighted by atomic mass is 35.5. The number of ether oxygens (including phenoxy) is 1. The second kappa shape index (κ2) is 4.01. The first kappa shape index (κ1) is 10.4. The van der Waals surface area contributed by atoms with Crippen molar-refractivity contribution in [2.24, 2.45) is 0 Å². The molecule has 1 nitrogen and oxygen atoms in total. The zero-order valence-electron chi connectivity index (χ0n) is 8.52. The van der Waals surface area contributed by atoms with E-state index in [4.69, 9.17) is 16.3 Å². The first-order valence-corrected chi connectivity index (χ1v) is 4.78. The van der Waals surface area contributed by atoms with Gasteiger partial charge in [-0.3, -0.25) is 0 Å². The summed E-state index contributed by atoms with van der Waals surface area (Å²) >= 11 is 6.13. The molecule has 0 N–H and O–H groups in total. The molecule has 0 aliphatic heterocycles. The average Bonchev–Trinajstić information content (AvgIpc) is 2.01. The van der Waals surface area contributed by atoms with E-state index in [1.165, 1.54) is 0 Å². The Kier molecular flexibility index (Phi) is 3.21. The first-order chi connectivity index (χ1) is 6.06. The minimum Gasteiger partial charge on any atom is -0.496 e. The molecule has 0 aliphatic rings. The Morgan fingerprint density at radius 2 is 1.92 bits per heavy atom. The van der Waals surface area contributed by atoms with Gasteiger partial charge in [0.2, 0.25) is 0 Å². The van der Waals surface area contributed by atoms with E-state index in [1.807, 2.05) is 19.1 Å². The second-order valence-electron chi connectivity index (χ2n) is 3.52. The maximum absolute atomic E-state index is 6.13. The molecule has 13 heavy (non-hydrogen) atoms. The topological polar surface area (TPSA) is 9.23 Å². The lowest BCUT2D eigenvalue weighted by Crippen LogP contribution is -1.96. The van der Waals surface area contributed by atoms with Crippen LogP contribution < -0.4 is 4.74 Å². The van der Waals surface area contributed by atoms with Crippen molar-refractivity contribution in [2.45, 2.75) is 26.7 Å². The molecule has 1 aromatic carbocycles. The normalized spacial score (nSPS) is 10.6. The molecule has 0 aliphatic carbocycles. The molecule has 2 heteroatoms. The zero-order valence-corrected chi connectivity index (χ0v) is 9.27. The number of hydrogen-bond donors (Lipinski definition) is 0. The molecule has 72 valence electrons. The van der Waals surface area contributed by atoms with Gasteiger partial charge in [0.25, 0.3) is 0 Å². The van der Waals surface area contributed by atoms with Gasteiger partial charge in [0.05, 0.1) is 7.11 Å². The van der Waals surface area contributed by atoms with Gasteiger partial charge in [-0.2, -0.15) is 0 Å². The molecule has 0 saturated heterocycles. The Morgan fingerprint density at radius 3 is 2.38 bits per heavy atom. The number of methoxy groups -OCH3 is 1. The van der Waals surface area contributed by atoms with Gasteiger partial charge in [-0.05, 0) is 30.5 Å². The minimum absolute atomic E-state index is 0.392. The van der Waals surface area contributed by atoms with Gasteiger partial charge in [-0.25, -0.2) is 0 Å². The van der Waals surface area contributed by atoms with E-state index in [0.717, 1.165) is 21.9 Å². The van der Waals surface area contributed by atoms with Crippen molar-refractivity contribution in [1.82, 2.24) is 0 Å². The van der Waals surface area contributed by atoms with E-state index in [1.54, 1.807) is 7.11 Å². The molecular formula is C11H15ClO. The summed E-state index contributed by atoms with van der Waals surface area (Å²) in [6.07, 6.45) is 0. The first-order valence-electron chi connectivity index (χ1n) is 4.40. The quantitative estimate of drug-likeness (QED) is 0.703. The summed E-state index contributed by atoms with van der Waals surface area (Å²) in [7, 11) is 1.68. The van der Waals surface area contributed by atoms with E-state index in [0.29, 0.717) is 5.92 Å². The summed E-state index contributed by atoms with van der Waals surface area (Å²) in [6, 6.07) is 3.99. The summed E-state index contributed by atoms with van der Waals surface area (Å²) < 4.78 is 5.28. The Morgan fingerprint density at radius 1 is 1.31 bits per heavy atom. The smallest absolute Gasteiger partial charge is 0.124 e. The fourth-order valence-corrected chi connectivity index (χ4v) is 1.93. The molecule has 0 aromatic heterocycles. The van der Waals surface area contributed by atoms with Crippen molar-refractivity contribution in [1.29, 1.82) is 0 Å². The van der Waals surface area contributed by atoms with Crippen LogP contribution in [-0.2, 0) is 0 Å². The monoisotopic (exact) mass is 198 g/mol. The number of benzene rings is 1. The molecule has 1 rings (SSSR count). The molecule has 0 amide bonds. The predicted molar refractivity (Wildman–Crippen MR) is 56.8 cm³/mol. The molecule has 0 radical (unpaired) electrons. The molecule has 0 unspecified atom stereocenters. The maximum atomic E-state index is 6.13. The predicted octanol–water partition coefficient (Wildman–Crippen LogP) is 3.78. The van der Waals surface area contributed by atoms with Crippen LogP contribution in [0.2, 0.25) is 5.02 Å². The number of aryl methyl sites for hydroxylation is 1. The van der Waals surface area contributed by atoms with E-state index in [9.17, 15) is 0 Å². The summed E-state index contributed by atoms with van der Waals surface area (Å²) in [5.74, 6) is 1.28. The SMILES string of the molecule is COc1cc(C)cc(Cl)c1C(C)C. The number of halogens is 1. The van der Waals surface area contributed by atoms with E-state index < -0.39 is 0 Å². The Hall–Kier alpha value is -0.690. The highest BCUT2D eigenvalue weighted by Crippen LogP contribution is 2.34.